The number of esters is 1. The molecule has 1 unspecified atom stereocenters. The number of nitrogens with two attached hydrogens (primary N) is 1. The standard InChI is InChI=1S/C31H32N2O3/c1-2-3-7-20-12-14-22(15-13-20)31(34)35-23-16-17-26-28(18-23)36-30(33)27(19-32)29(26)25-11-6-9-21-8-4-5-10-24(21)25/h4-6,8-11,16-18,20,22,29H,2-3,7,12-15,33H2,1H3. The topological polar surface area (TPSA) is 85.3 Å². The summed E-state index contributed by atoms with van der Waals surface area (Å²) >= 11 is 0. The molecule has 3 aromatic rings. The summed E-state index contributed by atoms with van der Waals surface area (Å²) in [7, 11) is 0. The third kappa shape index (κ3) is 4.68. The normalized spacial score (nSPS) is 21.4. The van der Waals surface area contributed by atoms with E-state index >= 15 is 0 Å². The zero-order valence-electron chi connectivity index (χ0n) is 20.7. The SMILES string of the molecule is CCCCC1CCC(C(=O)Oc2ccc3c(c2)OC(N)=C(C#N)C3c2cccc3ccccc23)CC1. The Kier molecular flexibility index (Phi) is 6.95. The molecule has 0 bridgehead atoms. The van der Waals surface area contributed by atoms with Crippen molar-refractivity contribution in [3.63, 3.8) is 0 Å². The first-order chi connectivity index (χ1) is 17.6. The van der Waals surface area contributed by atoms with Gasteiger partial charge in [-0.2, -0.15) is 5.26 Å². The van der Waals surface area contributed by atoms with E-state index in [-0.39, 0.29) is 23.7 Å². The van der Waals surface area contributed by atoms with Crippen molar-refractivity contribution in [1.29, 1.82) is 5.26 Å². The molecular formula is C31H32N2O3. The lowest BCUT2D eigenvalue weighted by atomic mass is 9.80. The van der Waals surface area contributed by atoms with Crippen LogP contribution >= 0.6 is 0 Å². The third-order valence-electron chi connectivity index (χ3n) is 7.69. The molecule has 0 saturated heterocycles. The smallest absolute Gasteiger partial charge is 0.314 e. The van der Waals surface area contributed by atoms with Crippen molar-refractivity contribution in [2.24, 2.45) is 17.6 Å². The second kappa shape index (κ2) is 10.5. The number of carbonyl (C=O) groups is 1. The van der Waals surface area contributed by atoms with Crippen molar-refractivity contribution in [1.82, 2.24) is 0 Å². The Morgan fingerprint density at radius 3 is 2.61 bits per heavy atom. The number of fused-ring (bicyclic) bond motifs is 2. The summed E-state index contributed by atoms with van der Waals surface area (Å²) in [5.74, 6) is 1.17. The molecule has 0 aromatic heterocycles. The largest absolute Gasteiger partial charge is 0.440 e. The summed E-state index contributed by atoms with van der Waals surface area (Å²) in [4.78, 5) is 12.9. The molecule has 1 aliphatic heterocycles. The number of carbonyl (C=O) groups excluding carboxylic acids is 1. The Morgan fingerprint density at radius 1 is 1.06 bits per heavy atom. The number of hydrogen-bond donors (Lipinski definition) is 1. The van der Waals surface area contributed by atoms with Gasteiger partial charge in [-0.1, -0.05) is 74.7 Å². The molecule has 36 heavy (non-hydrogen) atoms. The van der Waals surface area contributed by atoms with Crippen LogP contribution in [0.4, 0.5) is 0 Å². The maximum atomic E-state index is 12.9. The van der Waals surface area contributed by atoms with E-state index in [1.165, 1.54) is 19.3 Å². The number of nitrogens with zero attached hydrogens (tertiary/aromatic N) is 1. The Morgan fingerprint density at radius 2 is 1.83 bits per heavy atom. The van der Waals surface area contributed by atoms with E-state index in [1.54, 1.807) is 12.1 Å². The Labute approximate surface area is 212 Å². The predicted octanol–water partition coefficient (Wildman–Crippen LogP) is 6.96. The van der Waals surface area contributed by atoms with Gasteiger partial charge in [0.2, 0.25) is 5.88 Å². The van der Waals surface area contributed by atoms with E-state index in [0.29, 0.717) is 17.1 Å². The quantitative estimate of drug-likeness (QED) is 0.304. The van der Waals surface area contributed by atoms with E-state index in [2.05, 4.69) is 31.2 Å². The first-order valence-electron chi connectivity index (χ1n) is 13.0. The highest BCUT2D eigenvalue weighted by molar-refractivity contribution is 5.87. The van der Waals surface area contributed by atoms with Gasteiger partial charge in [0.15, 0.2) is 0 Å². The number of allylic oxidation sites excluding steroid dienone is 1. The van der Waals surface area contributed by atoms with Crippen LogP contribution in [0.25, 0.3) is 10.8 Å². The van der Waals surface area contributed by atoms with E-state index in [9.17, 15) is 10.1 Å². The summed E-state index contributed by atoms with van der Waals surface area (Å²) in [5, 5.41) is 12.1. The van der Waals surface area contributed by atoms with Gasteiger partial charge in [-0.15, -0.1) is 0 Å². The van der Waals surface area contributed by atoms with Crippen LogP contribution in [-0.4, -0.2) is 5.97 Å². The van der Waals surface area contributed by atoms with Crippen molar-refractivity contribution in [3.05, 3.63) is 83.2 Å². The highest BCUT2D eigenvalue weighted by atomic mass is 16.5. The molecule has 0 amide bonds. The summed E-state index contributed by atoms with van der Waals surface area (Å²) in [5.41, 5.74) is 8.41. The lowest BCUT2D eigenvalue weighted by Gasteiger charge is -2.28. The molecule has 0 spiro atoms. The molecule has 2 N–H and O–H groups in total. The molecule has 1 aliphatic carbocycles. The highest BCUT2D eigenvalue weighted by Gasteiger charge is 2.33. The molecule has 1 atom stereocenters. The molecule has 1 saturated carbocycles. The van der Waals surface area contributed by atoms with Gasteiger partial charge >= 0.3 is 5.97 Å². The second-order valence-electron chi connectivity index (χ2n) is 9.97. The first kappa shape index (κ1) is 23.9. The summed E-state index contributed by atoms with van der Waals surface area (Å²) in [6, 6.07) is 21.8. The molecule has 184 valence electrons. The number of rotatable bonds is 6. The average molecular weight is 481 g/mol. The first-order valence-corrected chi connectivity index (χ1v) is 13.0. The van der Waals surface area contributed by atoms with Crippen molar-refractivity contribution >= 4 is 16.7 Å². The van der Waals surface area contributed by atoms with Crippen molar-refractivity contribution < 1.29 is 14.3 Å². The van der Waals surface area contributed by atoms with Crippen LogP contribution in [0.3, 0.4) is 0 Å². The van der Waals surface area contributed by atoms with Crippen molar-refractivity contribution in [2.75, 3.05) is 0 Å². The number of ether oxygens (including phenoxy) is 2. The molecular weight excluding hydrogens is 448 g/mol. The molecule has 2 aliphatic rings. The molecule has 0 radical (unpaired) electrons. The molecule has 1 fully saturated rings. The van der Waals surface area contributed by atoms with Crippen LogP contribution in [0, 0.1) is 23.2 Å². The van der Waals surface area contributed by atoms with Crippen LogP contribution in [-0.2, 0) is 4.79 Å². The molecule has 3 aromatic carbocycles. The number of hydrogen-bond acceptors (Lipinski definition) is 5. The van der Waals surface area contributed by atoms with Gasteiger partial charge in [-0.25, -0.2) is 0 Å². The van der Waals surface area contributed by atoms with Gasteiger partial charge in [-0.3, -0.25) is 4.79 Å². The number of benzene rings is 3. The minimum Gasteiger partial charge on any atom is -0.440 e. The maximum Gasteiger partial charge on any atom is 0.314 e. The fourth-order valence-electron chi connectivity index (χ4n) is 5.70. The molecule has 5 nitrogen and oxygen atoms in total. The number of nitriles is 1. The zero-order chi connectivity index (χ0) is 25.1. The minimum atomic E-state index is -0.368. The van der Waals surface area contributed by atoms with E-state index in [0.717, 1.165) is 53.5 Å². The van der Waals surface area contributed by atoms with Crippen molar-refractivity contribution in [2.45, 2.75) is 57.8 Å². The Hall–Kier alpha value is -3.78. The lowest BCUT2D eigenvalue weighted by Crippen LogP contribution is -2.26. The summed E-state index contributed by atoms with van der Waals surface area (Å²) in [6.45, 7) is 2.22. The van der Waals surface area contributed by atoms with Crippen LogP contribution in [0.1, 0.15) is 68.9 Å². The Balaban J connectivity index is 1.39. The molecule has 5 rings (SSSR count). The predicted molar refractivity (Wildman–Crippen MR) is 140 cm³/mol. The van der Waals surface area contributed by atoms with Gasteiger partial charge in [0, 0.05) is 11.6 Å². The van der Waals surface area contributed by atoms with E-state index in [1.807, 2.05) is 30.3 Å². The molecule has 5 heteroatoms. The van der Waals surface area contributed by atoms with Gasteiger partial charge in [-0.05, 0) is 54.0 Å². The van der Waals surface area contributed by atoms with Gasteiger partial charge in [0.05, 0.1) is 11.8 Å². The fourth-order valence-corrected chi connectivity index (χ4v) is 5.70. The third-order valence-corrected chi connectivity index (χ3v) is 7.69. The number of unbranched alkanes of at least 4 members (excludes halogenated alkanes) is 1. The van der Waals surface area contributed by atoms with Gasteiger partial charge in [0.25, 0.3) is 0 Å². The second-order valence-corrected chi connectivity index (χ2v) is 9.97. The highest BCUT2D eigenvalue weighted by Crippen LogP contribution is 2.45. The van der Waals surface area contributed by atoms with E-state index in [4.69, 9.17) is 15.2 Å². The van der Waals surface area contributed by atoms with Crippen LogP contribution < -0.4 is 15.2 Å². The summed E-state index contributed by atoms with van der Waals surface area (Å²) < 4.78 is 11.7. The van der Waals surface area contributed by atoms with Gasteiger partial charge < -0.3 is 15.2 Å². The van der Waals surface area contributed by atoms with Gasteiger partial charge in [0.1, 0.15) is 23.1 Å². The maximum absolute atomic E-state index is 12.9. The Bertz CT molecular complexity index is 1340. The minimum absolute atomic E-state index is 0.0570. The van der Waals surface area contributed by atoms with Crippen molar-refractivity contribution in [3.8, 4) is 17.6 Å². The van der Waals surface area contributed by atoms with Crippen LogP contribution in [0.15, 0.2) is 72.1 Å². The van der Waals surface area contributed by atoms with Crippen LogP contribution in [0.2, 0.25) is 0 Å². The summed E-state index contributed by atoms with van der Waals surface area (Å²) in [6.07, 6.45) is 7.71. The fraction of sp³-hybridized carbons (Fsp3) is 0.355. The molecule has 1 heterocycles. The zero-order valence-corrected chi connectivity index (χ0v) is 20.7. The average Bonchev–Trinajstić information content (AvgIpc) is 2.91. The monoisotopic (exact) mass is 480 g/mol. The van der Waals surface area contributed by atoms with Crippen LogP contribution in [0.5, 0.6) is 11.5 Å². The lowest BCUT2D eigenvalue weighted by molar-refractivity contribution is -0.140. The van der Waals surface area contributed by atoms with E-state index < -0.39 is 0 Å².